The molecule has 1 N–H and O–H groups in total. The molecule has 0 aromatic carbocycles. The van der Waals surface area contributed by atoms with Crippen LogP contribution in [0.5, 0.6) is 0 Å². The third-order valence-corrected chi connectivity index (χ3v) is 3.69. The Labute approximate surface area is 111 Å². The summed E-state index contributed by atoms with van der Waals surface area (Å²) in [6.07, 6.45) is 1.52. The molecule has 0 saturated carbocycles. The number of alkyl halides is 1. The fourth-order valence-corrected chi connectivity index (χ4v) is 1.85. The van der Waals surface area contributed by atoms with Gasteiger partial charge in [-0.2, -0.15) is 0 Å². The van der Waals surface area contributed by atoms with E-state index < -0.39 is 0 Å². The van der Waals surface area contributed by atoms with Crippen molar-refractivity contribution in [3.8, 4) is 0 Å². The maximum absolute atomic E-state index is 11.8. The monoisotopic (exact) mass is 261 g/mol. The molecule has 0 bridgehead atoms. The Balaban J connectivity index is 4.04. The van der Waals surface area contributed by atoms with E-state index in [4.69, 9.17) is 11.6 Å². The molecule has 0 aromatic heterocycles. The molecule has 3 heteroatoms. The molecule has 102 valence electrons. The summed E-state index contributed by atoms with van der Waals surface area (Å²) in [4.78, 5) is 11.8. The Kier molecular flexibility index (Phi) is 6.53. The Morgan fingerprint density at radius 1 is 1.24 bits per heavy atom. The predicted octanol–water partition coefficient (Wildman–Crippen LogP) is 3.83. The van der Waals surface area contributed by atoms with Gasteiger partial charge in [0.15, 0.2) is 0 Å². The summed E-state index contributed by atoms with van der Waals surface area (Å²) in [6.45, 7) is 13.6. The third kappa shape index (κ3) is 7.64. The number of carbonyl (C=O) groups is 1. The van der Waals surface area contributed by atoms with Gasteiger partial charge in [0.25, 0.3) is 0 Å². The molecule has 0 rings (SSSR count). The van der Waals surface area contributed by atoms with Crippen LogP contribution in [-0.2, 0) is 4.79 Å². The number of nitrogens with one attached hydrogen (secondary N) is 1. The van der Waals surface area contributed by atoms with Crippen molar-refractivity contribution in [1.29, 1.82) is 0 Å². The van der Waals surface area contributed by atoms with Gasteiger partial charge in [-0.15, -0.1) is 11.6 Å². The average molecular weight is 262 g/mol. The fourth-order valence-electron chi connectivity index (χ4n) is 1.34. The van der Waals surface area contributed by atoms with Gasteiger partial charge in [-0.25, -0.2) is 0 Å². The first-order valence-electron chi connectivity index (χ1n) is 6.41. The van der Waals surface area contributed by atoms with E-state index in [1.165, 1.54) is 0 Å². The van der Waals surface area contributed by atoms with Gasteiger partial charge in [0, 0.05) is 18.8 Å². The smallest absolute Gasteiger partial charge is 0.220 e. The Hall–Kier alpha value is -0.240. The number of hydrogen-bond acceptors (Lipinski definition) is 1. The maximum atomic E-state index is 11.8. The summed E-state index contributed by atoms with van der Waals surface area (Å²) >= 11 is 5.73. The molecule has 0 saturated heterocycles. The molecule has 0 aliphatic rings. The first-order valence-corrected chi connectivity index (χ1v) is 6.94. The minimum absolute atomic E-state index is 0.0857. The molecule has 2 nitrogen and oxygen atoms in total. The highest BCUT2D eigenvalue weighted by Gasteiger charge is 2.24. The van der Waals surface area contributed by atoms with Crippen molar-refractivity contribution in [3.63, 3.8) is 0 Å². The molecule has 1 amide bonds. The van der Waals surface area contributed by atoms with Crippen LogP contribution < -0.4 is 5.32 Å². The van der Waals surface area contributed by atoms with Gasteiger partial charge < -0.3 is 5.32 Å². The summed E-state index contributed by atoms with van der Waals surface area (Å²) in [5, 5.41) is 3.01. The van der Waals surface area contributed by atoms with Crippen LogP contribution in [0.3, 0.4) is 0 Å². The topological polar surface area (TPSA) is 29.1 Å². The number of hydrogen-bond donors (Lipinski definition) is 1. The summed E-state index contributed by atoms with van der Waals surface area (Å²) in [6, 6.07) is 0. The Morgan fingerprint density at radius 2 is 1.76 bits per heavy atom. The lowest BCUT2D eigenvalue weighted by Crippen LogP contribution is -2.36. The molecule has 1 unspecified atom stereocenters. The molecular weight excluding hydrogens is 234 g/mol. The molecule has 0 spiro atoms. The second-order valence-electron chi connectivity index (χ2n) is 6.85. The average Bonchev–Trinajstić information content (AvgIpc) is 2.13. The van der Waals surface area contributed by atoms with E-state index >= 15 is 0 Å². The molecule has 0 aromatic rings. The van der Waals surface area contributed by atoms with Gasteiger partial charge in [0.05, 0.1) is 0 Å². The van der Waals surface area contributed by atoms with Crippen molar-refractivity contribution in [2.24, 2.45) is 16.7 Å². The summed E-state index contributed by atoms with van der Waals surface area (Å²) < 4.78 is 0. The standard InChI is InChI=1S/C14H28ClNO/c1-11(13(2,3)4)9-12(17)16-10-14(5,6)7-8-15/h11H,7-10H2,1-6H3,(H,16,17). The van der Waals surface area contributed by atoms with Gasteiger partial charge in [0.1, 0.15) is 0 Å². The maximum Gasteiger partial charge on any atom is 0.220 e. The lowest BCUT2D eigenvalue weighted by Gasteiger charge is -2.28. The highest BCUT2D eigenvalue weighted by atomic mass is 35.5. The molecule has 0 fully saturated rings. The zero-order valence-electron chi connectivity index (χ0n) is 12.2. The van der Waals surface area contributed by atoms with Crippen LogP contribution in [0.1, 0.15) is 54.4 Å². The van der Waals surface area contributed by atoms with Gasteiger partial charge in [-0.05, 0) is 23.2 Å². The number of carbonyl (C=O) groups excluding carboxylic acids is 1. The molecule has 1 atom stereocenters. The minimum Gasteiger partial charge on any atom is -0.356 e. The SMILES string of the molecule is CC(CC(=O)NCC(C)(C)CCCl)C(C)(C)C. The number of amides is 1. The third-order valence-electron chi connectivity index (χ3n) is 3.51. The van der Waals surface area contributed by atoms with E-state index in [0.29, 0.717) is 24.8 Å². The summed E-state index contributed by atoms with van der Waals surface area (Å²) in [7, 11) is 0. The molecule has 0 aliphatic carbocycles. The molecule has 17 heavy (non-hydrogen) atoms. The van der Waals surface area contributed by atoms with E-state index in [2.05, 4.69) is 46.9 Å². The van der Waals surface area contributed by atoms with Crippen LogP contribution in [0, 0.1) is 16.7 Å². The molecule has 0 heterocycles. The van der Waals surface area contributed by atoms with E-state index in [0.717, 1.165) is 6.42 Å². The van der Waals surface area contributed by atoms with E-state index in [1.807, 2.05) is 0 Å². The van der Waals surface area contributed by atoms with E-state index in [1.54, 1.807) is 0 Å². The predicted molar refractivity (Wildman–Crippen MR) is 75.4 cm³/mol. The van der Waals surface area contributed by atoms with Gasteiger partial charge in [0.2, 0.25) is 5.91 Å². The minimum atomic E-state index is 0.0857. The molecule has 0 aliphatic heterocycles. The van der Waals surface area contributed by atoms with Crippen molar-refractivity contribution in [2.75, 3.05) is 12.4 Å². The van der Waals surface area contributed by atoms with Crippen LogP contribution >= 0.6 is 11.6 Å². The zero-order chi connectivity index (χ0) is 13.7. The van der Waals surface area contributed by atoms with Gasteiger partial charge >= 0.3 is 0 Å². The van der Waals surface area contributed by atoms with Gasteiger partial charge in [-0.1, -0.05) is 41.5 Å². The number of rotatable bonds is 6. The lowest BCUT2D eigenvalue weighted by molar-refractivity contribution is -0.123. The highest BCUT2D eigenvalue weighted by molar-refractivity contribution is 6.17. The van der Waals surface area contributed by atoms with Crippen molar-refractivity contribution >= 4 is 17.5 Å². The Bertz CT molecular complexity index is 243. The number of halogens is 1. The van der Waals surface area contributed by atoms with Crippen LogP contribution in [-0.4, -0.2) is 18.3 Å². The molecular formula is C14H28ClNO. The second kappa shape index (κ2) is 6.63. The van der Waals surface area contributed by atoms with Crippen molar-refractivity contribution in [3.05, 3.63) is 0 Å². The summed E-state index contributed by atoms with van der Waals surface area (Å²) in [5.74, 6) is 1.18. The normalized spacial score (nSPS) is 14.5. The van der Waals surface area contributed by atoms with Crippen LogP contribution in [0.2, 0.25) is 0 Å². The largest absolute Gasteiger partial charge is 0.356 e. The van der Waals surface area contributed by atoms with E-state index in [9.17, 15) is 4.79 Å². The van der Waals surface area contributed by atoms with Gasteiger partial charge in [-0.3, -0.25) is 4.79 Å². The lowest BCUT2D eigenvalue weighted by atomic mass is 9.80. The first-order chi connectivity index (χ1) is 7.58. The fraction of sp³-hybridized carbons (Fsp3) is 0.929. The second-order valence-corrected chi connectivity index (χ2v) is 7.23. The van der Waals surface area contributed by atoms with Crippen molar-refractivity contribution in [2.45, 2.75) is 54.4 Å². The van der Waals surface area contributed by atoms with E-state index in [-0.39, 0.29) is 16.7 Å². The highest BCUT2D eigenvalue weighted by Crippen LogP contribution is 2.28. The van der Waals surface area contributed by atoms with Crippen LogP contribution in [0.25, 0.3) is 0 Å². The molecule has 0 radical (unpaired) electrons. The van der Waals surface area contributed by atoms with Crippen LogP contribution in [0.4, 0.5) is 0 Å². The Morgan fingerprint density at radius 3 is 2.18 bits per heavy atom. The first kappa shape index (κ1) is 16.8. The zero-order valence-corrected chi connectivity index (χ0v) is 12.9. The van der Waals surface area contributed by atoms with Crippen molar-refractivity contribution < 1.29 is 4.79 Å². The van der Waals surface area contributed by atoms with Crippen molar-refractivity contribution in [1.82, 2.24) is 5.32 Å². The quantitative estimate of drug-likeness (QED) is 0.724. The summed E-state index contributed by atoms with van der Waals surface area (Å²) in [5.41, 5.74) is 0.269. The van der Waals surface area contributed by atoms with Crippen LogP contribution in [0.15, 0.2) is 0 Å².